The van der Waals surface area contributed by atoms with Gasteiger partial charge in [0.15, 0.2) is 0 Å². The molecule has 128 valence electrons. The first-order valence-electron chi connectivity index (χ1n) is 7.16. The van der Waals surface area contributed by atoms with E-state index < -0.39 is 6.04 Å². The molecule has 7 heteroatoms. The number of aromatic nitrogens is 2. The molecule has 0 saturated carbocycles. The van der Waals surface area contributed by atoms with Crippen LogP contribution < -0.4 is 5.73 Å². The predicted octanol–water partition coefficient (Wildman–Crippen LogP) is 2.18. The van der Waals surface area contributed by atoms with Gasteiger partial charge in [0.05, 0.1) is 12.2 Å². The van der Waals surface area contributed by atoms with Crippen molar-refractivity contribution in [3.8, 4) is 0 Å². The van der Waals surface area contributed by atoms with Crippen LogP contribution in [0.2, 0.25) is 0 Å². The lowest BCUT2D eigenvalue weighted by Crippen LogP contribution is -2.44. The van der Waals surface area contributed by atoms with E-state index in [1.165, 1.54) is 0 Å². The Hall–Kier alpha value is -1.56. The van der Waals surface area contributed by atoms with Gasteiger partial charge in [0.2, 0.25) is 5.91 Å². The molecule has 0 spiro atoms. The van der Waals surface area contributed by atoms with Gasteiger partial charge in [0, 0.05) is 31.9 Å². The summed E-state index contributed by atoms with van der Waals surface area (Å²) in [6, 6.07) is 9.34. The lowest BCUT2D eigenvalue weighted by atomic mass is 10.1. The summed E-state index contributed by atoms with van der Waals surface area (Å²) < 4.78 is 1.73. The van der Waals surface area contributed by atoms with Crippen LogP contribution in [-0.4, -0.2) is 33.2 Å². The van der Waals surface area contributed by atoms with Crippen molar-refractivity contribution in [3.05, 3.63) is 53.9 Å². The van der Waals surface area contributed by atoms with Gasteiger partial charge < -0.3 is 10.6 Å². The second-order valence-corrected chi connectivity index (χ2v) is 5.17. The van der Waals surface area contributed by atoms with Gasteiger partial charge in [-0.1, -0.05) is 30.3 Å². The van der Waals surface area contributed by atoms with Gasteiger partial charge in [-0.2, -0.15) is 5.10 Å². The number of carbonyl (C=O) groups excluding carboxylic acids is 1. The van der Waals surface area contributed by atoms with Gasteiger partial charge >= 0.3 is 0 Å². The van der Waals surface area contributed by atoms with E-state index in [9.17, 15) is 4.79 Å². The number of halogens is 2. The van der Waals surface area contributed by atoms with Gasteiger partial charge in [-0.25, -0.2) is 0 Å². The minimum Gasteiger partial charge on any atom is -0.337 e. The Morgan fingerprint density at radius 2 is 1.91 bits per heavy atom. The van der Waals surface area contributed by atoms with Crippen LogP contribution >= 0.6 is 24.8 Å². The Morgan fingerprint density at radius 3 is 2.43 bits per heavy atom. The normalized spacial score (nSPS) is 11.1. The monoisotopic (exact) mass is 358 g/mol. The zero-order valence-corrected chi connectivity index (χ0v) is 15.0. The van der Waals surface area contributed by atoms with Crippen LogP contribution in [0, 0.1) is 0 Å². The first kappa shape index (κ1) is 21.4. The number of likely N-dealkylation sites (N-methyl/N-ethyl adjacent to an activating group) is 1. The Kier molecular flexibility index (Phi) is 9.56. The molecule has 1 unspecified atom stereocenters. The van der Waals surface area contributed by atoms with Crippen LogP contribution in [-0.2, 0) is 24.8 Å². The van der Waals surface area contributed by atoms with Crippen molar-refractivity contribution in [1.82, 2.24) is 14.7 Å². The largest absolute Gasteiger partial charge is 0.337 e. The number of benzene rings is 1. The maximum atomic E-state index is 12.5. The van der Waals surface area contributed by atoms with E-state index in [1.807, 2.05) is 50.5 Å². The lowest BCUT2D eigenvalue weighted by Gasteiger charge is -2.24. The number of rotatable bonds is 6. The van der Waals surface area contributed by atoms with Gasteiger partial charge in [-0.05, 0) is 18.9 Å². The average Bonchev–Trinajstić information content (AvgIpc) is 2.90. The Morgan fingerprint density at radius 1 is 1.26 bits per heavy atom. The van der Waals surface area contributed by atoms with Crippen molar-refractivity contribution < 1.29 is 4.79 Å². The van der Waals surface area contributed by atoms with Crippen molar-refractivity contribution in [2.75, 3.05) is 6.54 Å². The molecule has 1 heterocycles. The summed E-state index contributed by atoms with van der Waals surface area (Å²) in [4.78, 5) is 14.2. The van der Waals surface area contributed by atoms with Gasteiger partial charge in [-0.15, -0.1) is 24.8 Å². The topological polar surface area (TPSA) is 64.2 Å². The van der Waals surface area contributed by atoms with Crippen molar-refractivity contribution in [1.29, 1.82) is 0 Å². The molecule has 2 rings (SSSR count). The van der Waals surface area contributed by atoms with Crippen LogP contribution in [0.25, 0.3) is 0 Å². The van der Waals surface area contributed by atoms with Crippen LogP contribution in [0.4, 0.5) is 0 Å². The van der Waals surface area contributed by atoms with E-state index in [1.54, 1.807) is 15.8 Å². The molecule has 1 aromatic heterocycles. The number of aryl methyl sites for hydroxylation is 1. The molecule has 1 amide bonds. The maximum Gasteiger partial charge on any atom is 0.240 e. The van der Waals surface area contributed by atoms with E-state index in [0.717, 1.165) is 11.1 Å². The van der Waals surface area contributed by atoms with Gasteiger partial charge in [0.25, 0.3) is 0 Å². The predicted molar refractivity (Wildman–Crippen MR) is 96.9 cm³/mol. The molecule has 2 aromatic rings. The van der Waals surface area contributed by atoms with Crippen LogP contribution in [0.15, 0.2) is 42.7 Å². The fourth-order valence-electron chi connectivity index (χ4n) is 2.31. The summed E-state index contributed by atoms with van der Waals surface area (Å²) in [6.45, 7) is 3.14. The van der Waals surface area contributed by atoms with E-state index in [-0.39, 0.29) is 30.7 Å². The molecule has 0 radical (unpaired) electrons. The Balaban J connectivity index is 0.00000242. The third-order valence-corrected chi connectivity index (χ3v) is 3.44. The summed E-state index contributed by atoms with van der Waals surface area (Å²) in [7, 11) is 1.86. The second-order valence-electron chi connectivity index (χ2n) is 5.17. The molecule has 0 aliphatic heterocycles. The summed E-state index contributed by atoms with van der Waals surface area (Å²) >= 11 is 0. The molecular formula is C16H24Cl2N4O. The third kappa shape index (κ3) is 6.22. The number of amides is 1. The standard InChI is InChI=1S/C16H22N4O.2ClH/c1-3-20(12-14-10-18-19(2)11-14)16(21)15(17)9-13-7-5-4-6-8-13;;/h4-8,10-11,15H,3,9,12,17H2,1-2H3;2*1H. The molecule has 1 atom stereocenters. The van der Waals surface area contributed by atoms with Gasteiger partial charge in [-0.3, -0.25) is 9.48 Å². The highest BCUT2D eigenvalue weighted by molar-refractivity contribution is 5.85. The number of nitrogens with two attached hydrogens (primary N) is 1. The van der Waals surface area contributed by atoms with E-state index >= 15 is 0 Å². The SMILES string of the molecule is CCN(Cc1cnn(C)c1)C(=O)C(N)Cc1ccccc1.Cl.Cl. The molecule has 0 fully saturated rings. The molecule has 1 aromatic carbocycles. The highest BCUT2D eigenvalue weighted by Gasteiger charge is 2.20. The maximum absolute atomic E-state index is 12.5. The molecule has 0 aliphatic rings. The molecule has 5 nitrogen and oxygen atoms in total. The minimum atomic E-state index is -0.510. The molecule has 2 N–H and O–H groups in total. The second kappa shape index (κ2) is 10.3. The number of nitrogens with zero attached hydrogens (tertiary/aromatic N) is 3. The number of carbonyl (C=O) groups is 1. The van der Waals surface area contributed by atoms with Crippen LogP contribution in [0.3, 0.4) is 0 Å². The van der Waals surface area contributed by atoms with Crippen molar-refractivity contribution in [3.63, 3.8) is 0 Å². The quantitative estimate of drug-likeness (QED) is 0.860. The Bertz CT molecular complexity index is 589. The van der Waals surface area contributed by atoms with Gasteiger partial charge in [0.1, 0.15) is 0 Å². The fraction of sp³-hybridized carbons (Fsp3) is 0.375. The van der Waals surface area contributed by atoms with E-state index in [0.29, 0.717) is 19.5 Å². The Labute approximate surface area is 149 Å². The van der Waals surface area contributed by atoms with Crippen molar-refractivity contribution in [2.24, 2.45) is 12.8 Å². The van der Waals surface area contributed by atoms with E-state index in [2.05, 4.69) is 5.10 Å². The molecule has 23 heavy (non-hydrogen) atoms. The number of hydrogen-bond donors (Lipinski definition) is 1. The molecule has 0 bridgehead atoms. The van der Waals surface area contributed by atoms with Crippen molar-refractivity contribution >= 4 is 30.7 Å². The first-order valence-corrected chi connectivity index (χ1v) is 7.16. The van der Waals surface area contributed by atoms with E-state index in [4.69, 9.17) is 5.73 Å². The average molecular weight is 359 g/mol. The minimum absolute atomic E-state index is 0. The van der Waals surface area contributed by atoms with Crippen LogP contribution in [0.5, 0.6) is 0 Å². The molecule has 0 saturated heterocycles. The zero-order chi connectivity index (χ0) is 15.2. The summed E-state index contributed by atoms with van der Waals surface area (Å²) in [5, 5.41) is 4.12. The highest BCUT2D eigenvalue weighted by Crippen LogP contribution is 2.08. The summed E-state index contributed by atoms with van der Waals surface area (Å²) in [5.41, 5.74) is 8.17. The first-order chi connectivity index (χ1) is 10.1. The zero-order valence-electron chi connectivity index (χ0n) is 13.4. The summed E-state index contributed by atoms with van der Waals surface area (Å²) in [5.74, 6) is -0.0230. The highest BCUT2D eigenvalue weighted by atomic mass is 35.5. The molecular weight excluding hydrogens is 335 g/mol. The smallest absolute Gasteiger partial charge is 0.240 e. The number of hydrogen-bond acceptors (Lipinski definition) is 3. The fourth-order valence-corrected chi connectivity index (χ4v) is 2.31. The lowest BCUT2D eigenvalue weighted by molar-refractivity contribution is -0.133. The summed E-state index contributed by atoms with van der Waals surface area (Å²) in [6.07, 6.45) is 4.25. The van der Waals surface area contributed by atoms with Crippen LogP contribution in [0.1, 0.15) is 18.1 Å². The van der Waals surface area contributed by atoms with Crippen molar-refractivity contribution in [2.45, 2.75) is 25.9 Å². The molecule has 0 aliphatic carbocycles. The third-order valence-electron chi connectivity index (χ3n) is 3.44.